The Labute approximate surface area is 97.6 Å². The van der Waals surface area contributed by atoms with Crippen LogP contribution in [-0.2, 0) is 9.53 Å². The number of amides is 1. The lowest BCUT2D eigenvalue weighted by atomic mass is 10.2. The molecule has 2 N–H and O–H groups in total. The topological polar surface area (TPSA) is 88.5 Å². The number of anilines is 1. The molecule has 1 atom stereocenters. The first-order chi connectivity index (χ1) is 8.18. The third-order valence-corrected chi connectivity index (χ3v) is 2.50. The second-order valence-electron chi connectivity index (χ2n) is 3.70. The molecule has 0 spiro atoms. The van der Waals surface area contributed by atoms with Gasteiger partial charge in [-0.2, -0.15) is 0 Å². The molecule has 1 amide bonds. The molecule has 0 aromatic carbocycles. The zero-order chi connectivity index (χ0) is 12.3. The molecule has 0 saturated carbocycles. The summed E-state index contributed by atoms with van der Waals surface area (Å²) in [5.74, 6) is -1.41. The first-order valence-electron chi connectivity index (χ1n) is 5.29. The van der Waals surface area contributed by atoms with Gasteiger partial charge in [0.15, 0.2) is 0 Å². The molecule has 6 nitrogen and oxygen atoms in total. The highest BCUT2D eigenvalue weighted by Crippen LogP contribution is 2.16. The van der Waals surface area contributed by atoms with Gasteiger partial charge in [-0.15, -0.1) is 0 Å². The van der Waals surface area contributed by atoms with Crippen LogP contribution in [0.15, 0.2) is 18.3 Å². The van der Waals surface area contributed by atoms with E-state index in [1.54, 1.807) is 0 Å². The number of nitrogens with one attached hydrogen (secondary N) is 1. The van der Waals surface area contributed by atoms with Crippen LogP contribution < -0.4 is 5.32 Å². The molecule has 6 heteroatoms. The molecule has 1 aromatic heterocycles. The lowest BCUT2D eigenvalue weighted by Crippen LogP contribution is -2.28. The summed E-state index contributed by atoms with van der Waals surface area (Å²) in [5.41, 5.74) is -0.0288. The monoisotopic (exact) mass is 236 g/mol. The summed E-state index contributed by atoms with van der Waals surface area (Å²) in [6.07, 6.45) is 2.42. The maximum absolute atomic E-state index is 11.7. The maximum Gasteiger partial charge on any atom is 0.339 e. The van der Waals surface area contributed by atoms with E-state index in [9.17, 15) is 9.59 Å². The number of carbonyl (C=O) groups excluding carboxylic acids is 1. The number of hydrogen-bond acceptors (Lipinski definition) is 4. The zero-order valence-corrected chi connectivity index (χ0v) is 9.05. The highest BCUT2D eigenvalue weighted by molar-refractivity contribution is 6.00. The molecule has 1 aromatic rings. The van der Waals surface area contributed by atoms with Crippen molar-refractivity contribution in [2.75, 3.05) is 11.9 Å². The van der Waals surface area contributed by atoms with Crippen LogP contribution in [0, 0.1) is 0 Å². The standard InChI is InChI=1S/C11H12N2O4/c14-10(8-4-2-6-17-8)13-9-7(11(15)16)3-1-5-12-9/h1,3,5,8H,2,4,6H2,(H,15,16)(H,12,13,14). The second kappa shape index (κ2) is 4.92. The van der Waals surface area contributed by atoms with Crippen molar-refractivity contribution in [2.24, 2.45) is 0 Å². The van der Waals surface area contributed by atoms with Crippen LogP contribution in [0.2, 0.25) is 0 Å². The third kappa shape index (κ3) is 2.59. The summed E-state index contributed by atoms with van der Waals surface area (Å²) < 4.78 is 5.20. The SMILES string of the molecule is O=C(O)c1cccnc1NC(=O)C1CCCO1. The van der Waals surface area contributed by atoms with Gasteiger partial charge in [0.2, 0.25) is 0 Å². The third-order valence-electron chi connectivity index (χ3n) is 2.50. The molecule has 1 fully saturated rings. The Kier molecular flexibility index (Phi) is 3.34. The largest absolute Gasteiger partial charge is 0.478 e. The normalized spacial score (nSPS) is 18.9. The van der Waals surface area contributed by atoms with E-state index in [-0.39, 0.29) is 17.3 Å². The number of ether oxygens (including phenoxy) is 1. The minimum absolute atomic E-state index is 0.0288. The fraction of sp³-hybridized carbons (Fsp3) is 0.364. The van der Waals surface area contributed by atoms with Crippen LogP contribution >= 0.6 is 0 Å². The quantitative estimate of drug-likeness (QED) is 0.813. The Bertz CT molecular complexity index is 441. The Balaban J connectivity index is 2.12. The lowest BCUT2D eigenvalue weighted by Gasteiger charge is -2.10. The summed E-state index contributed by atoms with van der Waals surface area (Å²) in [5, 5.41) is 11.4. The summed E-state index contributed by atoms with van der Waals surface area (Å²) >= 11 is 0. The van der Waals surface area contributed by atoms with Crippen LogP contribution in [0.25, 0.3) is 0 Å². The maximum atomic E-state index is 11.7. The molecule has 1 saturated heterocycles. The van der Waals surface area contributed by atoms with E-state index < -0.39 is 12.1 Å². The number of aromatic carboxylic acids is 1. The fourth-order valence-corrected chi connectivity index (χ4v) is 1.66. The van der Waals surface area contributed by atoms with Crippen molar-refractivity contribution >= 4 is 17.7 Å². The molecule has 0 bridgehead atoms. The minimum atomic E-state index is -1.12. The van der Waals surface area contributed by atoms with Crippen LogP contribution in [0.3, 0.4) is 0 Å². The van der Waals surface area contributed by atoms with Gasteiger partial charge in [0, 0.05) is 12.8 Å². The Morgan fingerprint density at radius 2 is 2.35 bits per heavy atom. The summed E-state index contributed by atoms with van der Waals surface area (Å²) in [4.78, 5) is 26.5. The van der Waals surface area contributed by atoms with Crippen molar-refractivity contribution in [1.82, 2.24) is 4.98 Å². The molecule has 0 aliphatic carbocycles. The summed E-state index contributed by atoms with van der Waals surface area (Å²) in [6, 6.07) is 2.89. The zero-order valence-electron chi connectivity index (χ0n) is 9.05. The summed E-state index contributed by atoms with van der Waals surface area (Å²) in [6.45, 7) is 0.562. The molecule has 90 valence electrons. The second-order valence-corrected chi connectivity index (χ2v) is 3.70. The molecule has 1 unspecified atom stereocenters. The van der Waals surface area contributed by atoms with Crippen LogP contribution in [0.4, 0.5) is 5.82 Å². The molecular weight excluding hydrogens is 224 g/mol. The van der Waals surface area contributed by atoms with E-state index in [0.717, 1.165) is 6.42 Å². The van der Waals surface area contributed by atoms with E-state index in [0.29, 0.717) is 13.0 Å². The molecule has 0 radical (unpaired) electrons. The van der Waals surface area contributed by atoms with Gasteiger partial charge in [0.1, 0.15) is 17.5 Å². The Morgan fingerprint density at radius 3 is 3.00 bits per heavy atom. The number of pyridine rings is 1. The van der Waals surface area contributed by atoms with Gasteiger partial charge in [0.05, 0.1) is 0 Å². The van der Waals surface area contributed by atoms with E-state index in [1.165, 1.54) is 18.3 Å². The number of nitrogens with zero attached hydrogens (tertiary/aromatic N) is 1. The smallest absolute Gasteiger partial charge is 0.339 e. The van der Waals surface area contributed by atoms with Crippen molar-refractivity contribution in [1.29, 1.82) is 0 Å². The highest BCUT2D eigenvalue weighted by atomic mass is 16.5. The van der Waals surface area contributed by atoms with E-state index in [4.69, 9.17) is 9.84 Å². The van der Waals surface area contributed by atoms with Gasteiger partial charge in [-0.1, -0.05) is 0 Å². The Hall–Kier alpha value is -1.95. The van der Waals surface area contributed by atoms with Gasteiger partial charge in [0.25, 0.3) is 5.91 Å². The van der Waals surface area contributed by atoms with Crippen molar-refractivity contribution < 1.29 is 19.4 Å². The highest BCUT2D eigenvalue weighted by Gasteiger charge is 2.25. The first-order valence-corrected chi connectivity index (χ1v) is 5.29. The van der Waals surface area contributed by atoms with Gasteiger partial charge in [-0.3, -0.25) is 4.79 Å². The van der Waals surface area contributed by atoms with Gasteiger partial charge in [-0.25, -0.2) is 9.78 Å². The number of carboxylic acid groups (broad SMARTS) is 1. The van der Waals surface area contributed by atoms with E-state index >= 15 is 0 Å². The predicted molar refractivity (Wildman–Crippen MR) is 58.8 cm³/mol. The molecule has 2 heterocycles. The first kappa shape index (κ1) is 11.5. The lowest BCUT2D eigenvalue weighted by molar-refractivity contribution is -0.124. The molecule has 17 heavy (non-hydrogen) atoms. The molecule has 1 aliphatic heterocycles. The van der Waals surface area contributed by atoms with Crippen LogP contribution in [0.1, 0.15) is 23.2 Å². The summed E-state index contributed by atoms with van der Waals surface area (Å²) in [7, 11) is 0. The van der Waals surface area contributed by atoms with Gasteiger partial charge in [-0.05, 0) is 25.0 Å². The predicted octanol–water partition coefficient (Wildman–Crippen LogP) is 0.897. The van der Waals surface area contributed by atoms with Gasteiger partial charge < -0.3 is 15.2 Å². The van der Waals surface area contributed by atoms with Crippen LogP contribution in [0.5, 0.6) is 0 Å². The van der Waals surface area contributed by atoms with E-state index in [1.807, 2.05) is 0 Å². The van der Waals surface area contributed by atoms with Crippen molar-refractivity contribution in [2.45, 2.75) is 18.9 Å². The average molecular weight is 236 g/mol. The Morgan fingerprint density at radius 1 is 1.53 bits per heavy atom. The average Bonchev–Trinajstić information content (AvgIpc) is 2.83. The number of rotatable bonds is 3. The fourth-order valence-electron chi connectivity index (χ4n) is 1.66. The molecular formula is C11H12N2O4. The van der Waals surface area contributed by atoms with Crippen molar-refractivity contribution in [3.8, 4) is 0 Å². The molecule has 1 aliphatic rings. The van der Waals surface area contributed by atoms with Gasteiger partial charge >= 0.3 is 5.97 Å². The number of carbonyl (C=O) groups is 2. The number of carboxylic acids is 1. The van der Waals surface area contributed by atoms with Crippen molar-refractivity contribution in [3.63, 3.8) is 0 Å². The minimum Gasteiger partial charge on any atom is -0.478 e. The number of hydrogen-bond donors (Lipinski definition) is 2. The van der Waals surface area contributed by atoms with Crippen molar-refractivity contribution in [3.05, 3.63) is 23.9 Å². The van der Waals surface area contributed by atoms with E-state index in [2.05, 4.69) is 10.3 Å². The van der Waals surface area contributed by atoms with Crippen LogP contribution in [-0.4, -0.2) is 34.7 Å². The molecule has 2 rings (SSSR count). The number of aromatic nitrogens is 1.